The number of carbonyl (C=O) groups excluding carboxylic acids is 1. The van der Waals surface area contributed by atoms with Gasteiger partial charge in [-0.15, -0.1) is 10.2 Å². The lowest BCUT2D eigenvalue weighted by Gasteiger charge is -2.23. The summed E-state index contributed by atoms with van der Waals surface area (Å²) < 4.78 is 43.0. The van der Waals surface area contributed by atoms with Gasteiger partial charge in [0.05, 0.1) is 11.6 Å². The SMILES string of the molecule is CC(C#N)(COc1ccc(Cl)nn1)NC(=O)c1ccc(C(F)(F)F)cc1. The number of alkyl halides is 3. The Morgan fingerprint density at radius 2 is 1.88 bits per heavy atom. The zero-order valence-electron chi connectivity index (χ0n) is 13.3. The minimum Gasteiger partial charge on any atom is -0.473 e. The van der Waals surface area contributed by atoms with Gasteiger partial charge < -0.3 is 10.1 Å². The van der Waals surface area contributed by atoms with Gasteiger partial charge in [-0.1, -0.05) is 11.6 Å². The van der Waals surface area contributed by atoms with Gasteiger partial charge in [0.2, 0.25) is 5.88 Å². The second kappa shape index (κ2) is 7.58. The predicted molar refractivity (Wildman–Crippen MR) is 85.5 cm³/mol. The molecule has 2 aromatic rings. The van der Waals surface area contributed by atoms with Gasteiger partial charge in [-0.2, -0.15) is 18.4 Å². The number of benzene rings is 1. The number of amides is 1. The first-order chi connectivity index (χ1) is 12.1. The third kappa shape index (κ3) is 5.07. The van der Waals surface area contributed by atoms with Crippen molar-refractivity contribution in [2.75, 3.05) is 6.61 Å². The van der Waals surface area contributed by atoms with Crippen LogP contribution in [0.1, 0.15) is 22.8 Å². The molecular weight excluding hydrogens is 373 g/mol. The highest BCUT2D eigenvalue weighted by molar-refractivity contribution is 6.29. The molecule has 6 nitrogen and oxygen atoms in total. The van der Waals surface area contributed by atoms with E-state index in [0.29, 0.717) is 0 Å². The highest BCUT2D eigenvalue weighted by Gasteiger charge is 2.31. The van der Waals surface area contributed by atoms with Crippen LogP contribution in [0.25, 0.3) is 0 Å². The molecule has 1 heterocycles. The molecule has 10 heteroatoms. The molecule has 0 saturated carbocycles. The molecular formula is C16H12ClF3N4O2. The Morgan fingerprint density at radius 1 is 1.23 bits per heavy atom. The van der Waals surface area contributed by atoms with Gasteiger partial charge in [0.25, 0.3) is 5.91 Å². The summed E-state index contributed by atoms with van der Waals surface area (Å²) >= 11 is 5.60. The van der Waals surface area contributed by atoms with Crippen LogP contribution in [0.2, 0.25) is 5.15 Å². The monoisotopic (exact) mass is 384 g/mol. The van der Waals surface area contributed by atoms with Crippen LogP contribution in [-0.2, 0) is 6.18 Å². The summed E-state index contributed by atoms with van der Waals surface area (Å²) in [5, 5.41) is 19.1. The summed E-state index contributed by atoms with van der Waals surface area (Å²) in [7, 11) is 0. The Bertz CT molecular complexity index is 819. The maximum absolute atomic E-state index is 12.6. The summed E-state index contributed by atoms with van der Waals surface area (Å²) in [6.45, 7) is 1.14. The van der Waals surface area contributed by atoms with E-state index in [2.05, 4.69) is 15.5 Å². The van der Waals surface area contributed by atoms with Gasteiger partial charge in [-0.25, -0.2) is 0 Å². The fourth-order valence-electron chi connectivity index (χ4n) is 1.83. The highest BCUT2D eigenvalue weighted by atomic mass is 35.5. The molecule has 0 aliphatic carbocycles. The van der Waals surface area contributed by atoms with Crippen molar-refractivity contribution in [3.63, 3.8) is 0 Å². The van der Waals surface area contributed by atoms with E-state index >= 15 is 0 Å². The van der Waals surface area contributed by atoms with Gasteiger partial charge in [0, 0.05) is 11.6 Å². The molecule has 1 N–H and O–H groups in total. The molecule has 136 valence electrons. The number of nitriles is 1. The average molecular weight is 385 g/mol. The number of halogens is 4. The third-order valence-corrected chi connectivity index (χ3v) is 3.43. The van der Waals surface area contributed by atoms with Crippen LogP contribution in [0, 0.1) is 11.3 Å². The number of nitrogens with zero attached hydrogens (tertiary/aromatic N) is 3. The van der Waals surface area contributed by atoms with Crippen LogP contribution in [-0.4, -0.2) is 28.3 Å². The Labute approximate surface area is 151 Å². The zero-order valence-corrected chi connectivity index (χ0v) is 14.1. The summed E-state index contributed by atoms with van der Waals surface area (Å²) in [4.78, 5) is 12.2. The number of rotatable bonds is 5. The van der Waals surface area contributed by atoms with Gasteiger partial charge in [-0.05, 0) is 37.3 Å². The molecule has 26 heavy (non-hydrogen) atoms. The second-order valence-corrected chi connectivity index (χ2v) is 5.84. The molecule has 1 aromatic carbocycles. The molecule has 1 amide bonds. The first-order valence-electron chi connectivity index (χ1n) is 7.16. The molecule has 0 saturated heterocycles. The van der Waals surface area contributed by atoms with Crippen molar-refractivity contribution in [2.45, 2.75) is 18.6 Å². The minimum absolute atomic E-state index is 0.0224. The lowest BCUT2D eigenvalue weighted by Crippen LogP contribution is -2.49. The molecule has 0 aliphatic heterocycles. The quantitative estimate of drug-likeness (QED) is 0.855. The Hall–Kier alpha value is -2.86. The normalized spacial score (nSPS) is 13.4. The number of hydrogen-bond acceptors (Lipinski definition) is 5. The van der Waals surface area contributed by atoms with E-state index in [-0.39, 0.29) is 23.2 Å². The van der Waals surface area contributed by atoms with Gasteiger partial charge in [-0.3, -0.25) is 4.79 Å². The van der Waals surface area contributed by atoms with Crippen LogP contribution < -0.4 is 10.1 Å². The van der Waals surface area contributed by atoms with Crippen molar-refractivity contribution in [2.24, 2.45) is 0 Å². The van der Waals surface area contributed by atoms with Crippen molar-refractivity contribution >= 4 is 17.5 Å². The number of ether oxygens (including phenoxy) is 1. The third-order valence-electron chi connectivity index (χ3n) is 3.23. The molecule has 1 unspecified atom stereocenters. The fraction of sp³-hybridized carbons (Fsp3) is 0.250. The van der Waals surface area contributed by atoms with Crippen molar-refractivity contribution in [1.29, 1.82) is 5.26 Å². The number of hydrogen-bond donors (Lipinski definition) is 1. The lowest BCUT2D eigenvalue weighted by atomic mass is 10.0. The summed E-state index contributed by atoms with van der Waals surface area (Å²) in [6, 6.07) is 8.40. The molecule has 2 rings (SSSR count). The van der Waals surface area contributed by atoms with Gasteiger partial charge >= 0.3 is 6.18 Å². The van der Waals surface area contributed by atoms with Crippen molar-refractivity contribution in [3.8, 4) is 11.9 Å². The van der Waals surface area contributed by atoms with E-state index in [9.17, 15) is 23.2 Å². The first kappa shape index (κ1) is 19.5. The molecule has 0 aliphatic rings. The smallest absolute Gasteiger partial charge is 0.416 e. The van der Waals surface area contributed by atoms with E-state index in [1.54, 1.807) is 0 Å². The van der Waals surface area contributed by atoms with E-state index < -0.39 is 23.2 Å². The topological polar surface area (TPSA) is 87.9 Å². The van der Waals surface area contributed by atoms with Crippen molar-refractivity contribution in [3.05, 3.63) is 52.7 Å². The number of carbonyl (C=O) groups is 1. The van der Waals surface area contributed by atoms with Crippen LogP contribution in [0.5, 0.6) is 5.88 Å². The Morgan fingerprint density at radius 3 is 2.38 bits per heavy atom. The maximum atomic E-state index is 12.6. The fourth-order valence-corrected chi connectivity index (χ4v) is 1.93. The molecule has 0 radical (unpaired) electrons. The van der Waals surface area contributed by atoms with E-state index in [0.717, 1.165) is 24.3 Å². The summed E-state index contributed by atoms with van der Waals surface area (Å²) in [6.07, 6.45) is -4.50. The second-order valence-electron chi connectivity index (χ2n) is 5.46. The molecule has 0 fully saturated rings. The van der Waals surface area contributed by atoms with E-state index in [1.165, 1.54) is 19.1 Å². The van der Waals surface area contributed by atoms with Gasteiger partial charge in [0.1, 0.15) is 6.61 Å². The standard InChI is InChI=1S/C16H12ClF3N4O2/c1-15(8-21,9-26-13-7-6-12(17)23-24-13)22-14(25)10-2-4-11(5-3-10)16(18,19)20/h2-7H,9H2,1H3,(H,22,25). The van der Waals surface area contributed by atoms with Crippen molar-refractivity contribution < 1.29 is 22.7 Å². The average Bonchev–Trinajstić information content (AvgIpc) is 2.60. The van der Waals surface area contributed by atoms with Crippen LogP contribution >= 0.6 is 11.6 Å². The summed E-state index contributed by atoms with van der Waals surface area (Å²) in [5.41, 5.74) is -2.34. The largest absolute Gasteiger partial charge is 0.473 e. The van der Waals surface area contributed by atoms with Crippen LogP contribution in [0.15, 0.2) is 36.4 Å². The molecule has 1 aromatic heterocycles. The maximum Gasteiger partial charge on any atom is 0.416 e. The number of aromatic nitrogens is 2. The number of nitrogens with one attached hydrogen (secondary N) is 1. The lowest BCUT2D eigenvalue weighted by molar-refractivity contribution is -0.137. The zero-order chi connectivity index (χ0) is 19.4. The predicted octanol–water partition coefficient (Wildman–Crippen LogP) is 3.24. The Kier molecular flexibility index (Phi) is 5.67. The molecule has 1 atom stereocenters. The van der Waals surface area contributed by atoms with Crippen molar-refractivity contribution in [1.82, 2.24) is 15.5 Å². The molecule has 0 bridgehead atoms. The first-order valence-corrected chi connectivity index (χ1v) is 7.54. The van der Waals surface area contributed by atoms with E-state index in [4.69, 9.17) is 16.3 Å². The van der Waals surface area contributed by atoms with Crippen LogP contribution in [0.3, 0.4) is 0 Å². The Balaban J connectivity index is 2.04. The van der Waals surface area contributed by atoms with Gasteiger partial charge in [0.15, 0.2) is 10.7 Å². The summed E-state index contributed by atoms with van der Waals surface area (Å²) in [5.74, 6) is -0.617. The van der Waals surface area contributed by atoms with E-state index in [1.807, 2.05) is 6.07 Å². The molecule has 0 spiro atoms. The highest BCUT2D eigenvalue weighted by Crippen LogP contribution is 2.29. The minimum atomic E-state index is -4.50. The van der Waals surface area contributed by atoms with Crippen LogP contribution in [0.4, 0.5) is 13.2 Å².